The molecule has 0 spiro atoms. The van der Waals surface area contributed by atoms with E-state index in [4.69, 9.17) is 21.1 Å². The molecule has 9 heteroatoms. The number of hydrogen-bond acceptors (Lipinski definition) is 5. The van der Waals surface area contributed by atoms with Crippen LogP contribution in [0.3, 0.4) is 0 Å². The molecule has 7 nitrogen and oxygen atoms in total. The Balaban J connectivity index is 1.40. The maximum Gasteiger partial charge on any atom is 0.243 e. The smallest absolute Gasteiger partial charge is 0.243 e. The molecule has 0 aliphatic carbocycles. The van der Waals surface area contributed by atoms with Gasteiger partial charge in [-0.2, -0.15) is 4.31 Å². The van der Waals surface area contributed by atoms with Crippen LogP contribution in [0.1, 0.15) is 38.3 Å². The Morgan fingerprint density at radius 2 is 1.67 bits per heavy atom. The van der Waals surface area contributed by atoms with Crippen molar-refractivity contribution < 1.29 is 22.7 Å². The van der Waals surface area contributed by atoms with Crippen LogP contribution in [-0.2, 0) is 14.8 Å². The van der Waals surface area contributed by atoms with Crippen LogP contribution in [0.5, 0.6) is 11.5 Å². The Labute approximate surface area is 200 Å². The maximum atomic E-state index is 13.1. The number of sulfonamides is 1. The van der Waals surface area contributed by atoms with E-state index in [0.717, 1.165) is 5.56 Å². The second-order valence-corrected chi connectivity index (χ2v) is 11.1. The Kier molecular flexibility index (Phi) is 7.16. The zero-order chi connectivity index (χ0) is 23.6. The number of fused-ring (bicyclic) bond motifs is 1. The van der Waals surface area contributed by atoms with Crippen molar-refractivity contribution in [3.8, 4) is 11.5 Å². The summed E-state index contributed by atoms with van der Waals surface area (Å²) in [5, 5.41) is 3.67. The van der Waals surface area contributed by atoms with Gasteiger partial charge in [-0.25, -0.2) is 8.42 Å². The van der Waals surface area contributed by atoms with Crippen LogP contribution in [0.2, 0.25) is 5.02 Å². The molecule has 1 saturated heterocycles. The summed E-state index contributed by atoms with van der Waals surface area (Å²) in [4.78, 5) is 13.3. The van der Waals surface area contributed by atoms with Gasteiger partial charge in [0.15, 0.2) is 11.5 Å². The molecule has 178 valence electrons. The van der Waals surface area contributed by atoms with Crippen molar-refractivity contribution in [2.75, 3.05) is 26.3 Å². The van der Waals surface area contributed by atoms with Gasteiger partial charge < -0.3 is 14.8 Å². The van der Waals surface area contributed by atoms with E-state index in [2.05, 4.69) is 19.2 Å². The number of hydrogen-bond donors (Lipinski definition) is 1. The lowest BCUT2D eigenvalue weighted by atomic mass is 9.92. The predicted molar refractivity (Wildman–Crippen MR) is 126 cm³/mol. The lowest BCUT2D eigenvalue weighted by Crippen LogP contribution is -2.44. The van der Waals surface area contributed by atoms with Crippen molar-refractivity contribution >= 4 is 27.5 Å². The molecular formula is C24H29ClN2O5S. The molecule has 2 aliphatic rings. The fraction of sp³-hybridized carbons (Fsp3) is 0.458. The lowest BCUT2D eigenvalue weighted by Gasteiger charge is -2.32. The average Bonchev–Trinajstić information content (AvgIpc) is 2.82. The standard InChI is InChI=1S/C24H29ClN2O5S/c1-16(2)23(18-3-8-21-22(15-18)32-14-13-31-21)26-24(28)17-9-11-27(12-10-17)33(29,30)20-6-4-19(25)5-7-20/h3-8,15-17,23H,9-14H2,1-2H3,(H,26,28)/t23-/m1/s1. The Bertz CT molecular complexity index is 1100. The van der Waals surface area contributed by atoms with Gasteiger partial charge in [0.2, 0.25) is 15.9 Å². The quantitative estimate of drug-likeness (QED) is 0.658. The van der Waals surface area contributed by atoms with Gasteiger partial charge in [-0.05, 0) is 60.7 Å². The minimum absolute atomic E-state index is 0.0490. The van der Waals surface area contributed by atoms with Crippen molar-refractivity contribution in [3.63, 3.8) is 0 Å². The van der Waals surface area contributed by atoms with Crippen LogP contribution in [0.25, 0.3) is 0 Å². The van der Waals surface area contributed by atoms with Crippen molar-refractivity contribution in [1.82, 2.24) is 9.62 Å². The minimum Gasteiger partial charge on any atom is -0.486 e. The highest BCUT2D eigenvalue weighted by Gasteiger charge is 2.33. The molecular weight excluding hydrogens is 464 g/mol. The van der Waals surface area contributed by atoms with Gasteiger partial charge >= 0.3 is 0 Å². The molecule has 1 N–H and O–H groups in total. The van der Waals surface area contributed by atoms with Gasteiger partial charge in [0, 0.05) is 24.0 Å². The lowest BCUT2D eigenvalue weighted by molar-refractivity contribution is -0.127. The number of carbonyl (C=O) groups is 1. The normalized spacial score (nSPS) is 18.2. The van der Waals surface area contributed by atoms with E-state index in [0.29, 0.717) is 55.7 Å². The summed E-state index contributed by atoms with van der Waals surface area (Å²) in [6.07, 6.45) is 0.954. The second kappa shape index (κ2) is 9.91. The third-order valence-electron chi connectivity index (χ3n) is 6.17. The molecule has 2 aromatic carbocycles. The number of amides is 1. The summed E-state index contributed by atoms with van der Waals surface area (Å²) in [5.41, 5.74) is 0.963. The van der Waals surface area contributed by atoms with E-state index >= 15 is 0 Å². The van der Waals surface area contributed by atoms with Crippen LogP contribution in [0.15, 0.2) is 47.4 Å². The first-order valence-electron chi connectivity index (χ1n) is 11.2. The van der Waals surface area contributed by atoms with Gasteiger partial charge in [0.05, 0.1) is 10.9 Å². The Hall–Kier alpha value is -2.29. The molecule has 0 aromatic heterocycles. The molecule has 2 aromatic rings. The zero-order valence-corrected chi connectivity index (χ0v) is 20.4. The van der Waals surface area contributed by atoms with Crippen LogP contribution >= 0.6 is 11.6 Å². The van der Waals surface area contributed by atoms with E-state index in [1.807, 2.05) is 18.2 Å². The second-order valence-electron chi connectivity index (χ2n) is 8.77. The van der Waals surface area contributed by atoms with Crippen LogP contribution in [0.4, 0.5) is 0 Å². The van der Waals surface area contributed by atoms with Crippen molar-refractivity contribution in [2.45, 2.75) is 37.6 Å². The maximum absolute atomic E-state index is 13.1. The number of piperidine rings is 1. The SMILES string of the molecule is CC(C)[C@@H](NC(=O)C1CCN(S(=O)(=O)c2ccc(Cl)cc2)CC1)c1ccc2c(c1)OCCO2. The van der Waals surface area contributed by atoms with Gasteiger partial charge in [0.1, 0.15) is 13.2 Å². The van der Waals surface area contributed by atoms with E-state index in [9.17, 15) is 13.2 Å². The number of nitrogens with one attached hydrogen (secondary N) is 1. The highest BCUT2D eigenvalue weighted by Crippen LogP contribution is 2.35. The molecule has 0 unspecified atom stereocenters. The molecule has 4 rings (SSSR count). The topological polar surface area (TPSA) is 84.9 Å². The van der Waals surface area contributed by atoms with Crippen LogP contribution in [0, 0.1) is 11.8 Å². The fourth-order valence-corrected chi connectivity index (χ4v) is 5.87. The Morgan fingerprint density at radius 1 is 1.03 bits per heavy atom. The first-order chi connectivity index (χ1) is 15.8. The summed E-state index contributed by atoms with van der Waals surface area (Å²) in [5.74, 6) is 1.29. The molecule has 33 heavy (non-hydrogen) atoms. The number of benzene rings is 2. The highest BCUT2D eigenvalue weighted by atomic mass is 35.5. The molecule has 2 aliphatic heterocycles. The summed E-state index contributed by atoms with van der Waals surface area (Å²) in [6.45, 7) is 5.76. The fourth-order valence-electron chi connectivity index (χ4n) is 4.27. The van der Waals surface area contributed by atoms with Gasteiger partial charge in [-0.15, -0.1) is 0 Å². The number of halogens is 1. The third kappa shape index (κ3) is 5.28. The average molecular weight is 493 g/mol. The first-order valence-corrected chi connectivity index (χ1v) is 13.0. The van der Waals surface area contributed by atoms with Crippen LogP contribution < -0.4 is 14.8 Å². The molecule has 0 bridgehead atoms. The molecule has 0 radical (unpaired) electrons. The molecule has 1 amide bonds. The van der Waals surface area contributed by atoms with Gasteiger partial charge in [0.25, 0.3) is 0 Å². The molecule has 1 atom stereocenters. The number of carbonyl (C=O) groups excluding carboxylic acids is 1. The molecule has 2 heterocycles. The largest absolute Gasteiger partial charge is 0.486 e. The van der Waals surface area contributed by atoms with Crippen molar-refractivity contribution in [2.24, 2.45) is 11.8 Å². The van der Waals surface area contributed by atoms with Gasteiger partial charge in [-0.1, -0.05) is 31.5 Å². The number of rotatable bonds is 6. The zero-order valence-electron chi connectivity index (χ0n) is 18.8. The first kappa shape index (κ1) is 23.9. The minimum atomic E-state index is -3.60. The van der Waals surface area contributed by atoms with Crippen LogP contribution in [-0.4, -0.2) is 44.9 Å². The summed E-state index contributed by atoms with van der Waals surface area (Å²) < 4.78 is 38.5. The monoisotopic (exact) mass is 492 g/mol. The predicted octanol–water partition coefficient (Wildman–Crippen LogP) is 4.03. The van der Waals surface area contributed by atoms with Crippen molar-refractivity contribution in [3.05, 3.63) is 53.1 Å². The highest BCUT2D eigenvalue weighted by molar-refractivity contribution is 7.89. The van der Waals surface area contributed by atoms with E-state index in [-0.39, 0.29) is 28.7 Å². The Morgan fingerprint density at radius 3 is 2.30 bits per heavy atom. The number of nitrogens with zero attached hydrogens (tertiary/aromatic N) is 1. The van der Waals surface area contributed by atoms with Crippen molar-refractivity contribution in [1.29, 1.82) is 0 Å². The summed E-state index contributed by atoms with van der Waals surface area (Å²) in [7, 11) is -3.60. The van der Waals surface area contributed by atoms with E-state index in [1.165, 1.54) is 16.4 Å². The molecule has 1 fully saturated rings. The van der Waals surface area contributed by atoms with Gasteiger partial charge in [-0.3, -0.25) is 4.79 Å². The summed E-state index contributed by atoms with van der Waals surface area (Å²) >= 11 is 5.88. The van der Waals surface area contributed by atoms with E-state index in [1.54, 1.807) is 12.1 Å². The third-order valence-corrected chi connectivity index (χ3v) is 8.33. The summed E-state index contributed by atoms with van der Waals surface area (Å²) in [6, 6.07) is 11.8. The molecule has 0 saturated carbocycles. The number of ether oxygens (including phenoxy) is 2. The van der Waals surface area contributed by atoms with E-state index < -0.39 is 10.0 Å².